The third-order valence-electron chi connectivity index (χ3n) is 5.69. The molecule has 0 saturated heterocycles. The second-order valence-corrected chi connectivity index (χ2v) is 11.6. The molecule has 0 bridgehead atoms. The molecule has 0 aliphatic rings. The quantitative estimate of drug-likeness (QED) is 0.508. The number of sulfonamides is 1. The summed E-state index contributed by atoms with van der Waals surface area (Å²) in [7, 11) is -3.74. The fourth-order valence-corrected chi connectivity index (χ4v) is 4.88. The SMILES string of the molecule is CCc1ccccc1N(CC(=O)N(CCc1ccccc1)[C@H](CC)C(=O)NC(C)(C)C)S(C)(=O)=O. The van der Waals surface area contributed by atoms with Crippen molar-refractivity contribution in [2.24, 2.45) is 0 Å². The fourth-order valence-electron chi connectivity index (χ4n) is 4.00. The molecule has 7 nitrogen and oxygen atoms in total. The van der Waals surface area contributed by atoms with E-state index in [4.69, 9.17) is 0 Å². The number of amides is 2. The predicted octanol–water partition coefficient (Wildman–Crippen LogP) is 3.78. The summed E-state index contributed by atoms with van der Waals surface area (Å²) in [4.78, 5) is 28.4. The predicted molar refractivity (Wildman–Crippen MR) is 142 cm³/mol. The molecule has 0 radical (unpaired) electrons. The Kier molecular flexibility index (Phi) is 9.89. The molecule has 0 unspecified atom stereocenters. The number of hydrogen-bond donors (Lipinski definition) is 1. The van der Waals surface area contributed by atoms with Crippen molar-refractivity contribution in [3.8, 4) is 0 Å². The van der Waals surface area contributed by atoms with Crippen LogP contribution in [0.4, 0.5) is 5.69 Å². The van der Waals surface area contributed by atoms with Gasteiger partial charge in [-0.25, -0.2) is 8.42 Å². The van der Waals surface area contributed by atoms with Crippen molar-refractivity contribution in [2.45, 2.75) is 65.5 Å². The number of hydrogen-bond acceptors (Lipinski definition) is 4. The summed E-state index contributed by atoms with van der Waals surface area (Å²) in [5.74, 6) is -0.658. The Balaban J connectivity index is 2.42. The van der Waals surface area contributed by atoms with Crippen molar-refractivity contribution in [1.82, 2.24) is 10.2 Å². The number of nitrogens with zero attached hydrogens (tertiary/aromatic N) is 2. The van der Waals surface area contributed by atoms with Gasteiger partial charge in [-0.2, -0.15) is 0 Å². The van der Waals surface area contributed by atoms with Gasteiger partial charge in [-0.15, -0.1) is 0 Å². The zero-order chi connectivity index (χ0) is 26.2. The molecule has 2 aromatic rings. The molecular weight excluding hydrogens is 462 g/mol. The van der Waals surface area contributed by atoms with Crippen LogP contribution < -0.4 is 9.62 Å². The van der Waals surface area contributed by atoms with Crippen LogP contribution in [0.3, 0.4) is 0 Å². The first-order chi connectivity index (χ1) is 16.4. The number of nitrogens with one attached hydrogen (secondary N) is 1. The Hall–Kier alpha value is -2.87. The molecule has 0 heterocycles. The normalized spacial score (nSPS) is 12.6. The summed E-state index contributed by atoms with van der Waals surface area (Å²) in [6, 6.07) is 16.2. The smallest absolute Gasteiger partial charge is 0.244 e. The van der Waals surface area contributed by atoms with Crippen LogP contribution in [0.1, 0.15) is 52.2 Å². The van der Waals surface area contributed by atoms with Crippen LogP contribution in [0.2, 0.25) is 0 Å². The van der Waals surface area contributed by atoms with E-state index in [0.29, 0.717) is 31.5 Å². The maximum Gasteiger partial charge on any atom is 0.244 e. The van der Waals surface area contributed by atoms with Gasteiger partial charge in [-0.05, 0) is 57.2 Å². The second kappa shape index (κ2) is 12.2. The van der Waals surface area contributed by atoms with Crippen LogP contribution in [0.15, 0.2) is 54.6 Å². The van der Waals surface area contributed by atoms with Gasteiger partial charge >= 0.3 is 0 Å². The van der Waals surface area contributed by atoms with E-state index in [9.17, 15) is 18.0 Å². The minimum Gasteiger partial charge on any atom is -0.350 e. The number of para-hydroxylation sites is 1. The lowest BCUT2D eigenvalue weighted by Crippen LogP contribution is -2.56. The number of carbonyl (C=O) groups is 2. The molecule has 2 rings (SSSR count). The highest BCUT2D eigenvalue weighted by atomic mass is 32.2. The largest absolute Gasteiger partial charge is 0.350 e. The number of rotatable bonds is 11. The molecule has 2 aromatic carbocycles. The van der Waals surface area contributed by atoms with E-state index in [1.807, 2.05) is 77.1 Å². The summed E-state index contributed by atoms with van der Waals surface area (Å²) in [5, 5.41) is 2.97. The molecule has 1 atom stereocenters. The van der Waals surface area contributed by atoms with E-state index in [1.165, 1.54) is 4.90 Å². The highest BCUT2D eigenvalue weighted by molar-refractivity contribution is 7.92. The molecule has 2 amide bonds. The fraction of sp³-hybridized carbons (Fsp3) is 0.481. The Morgan fingerprint density at radius 1 is 0.971 bits per heavy atom. The minimum absolute atomic E-state index is 0.249. The minimum atomic E-state index is -3.74. The van der Waals surface area contributed by atoms with E-state index in [-0.39, 0.29) is 12.5 Å². The molecule has 35 heavy (non-hydrogen) atoms. The van der Waals surface area contributed by atoms with Crippen LogP contribution in [-0.2, 0) is 32.5 Å². The van der Waals surface area contributed by atoms with Gasteiger partial charge in [-0.1, -0.05) is 62.4 Å². The van der Waals surface area contributed by atoms with Gasteiger partial charge in [0.25, 0.3) is 0 Å². The average molecular weight is 502 g/mol. The number of carbonyl (C=O) groups excluding carboxylic acids is 2. The first-order valence-electron chi connectivity index (χ1n) is 12.1. The van der Waals surface area contributed by atoms with Crippen LogP contribution in [0.5, 0.6) is 0 Å². The molecule has 0 spiro atoms. The van der Waals surface area contributed by atoms with E-state index in [1.54, 1.807) is 12.1 Å². The number of benzene rings is 2. The first kappa shape index (κ1) is 28.4. The molecule has 0 aliphatic heterocycles. The Morgan fingerprint density at radius 2 is 1.57 bits per heavy atom. The first-order valence-corrected chi connectivity index (χ1v) is 13.9. The van der Waals surface area contributed by atoms with Gasteiger partial charge < -0.3 is 10.2 Å². The van der Waals surface area contributed by atoms with Gasteiger partial charge in [-0.3, -0.25) is 13.9 Å². The molecule has 192 valence electrons. The van der Waals surface area contributed by atoms with Crippen LogP contribution in [0.25, 0.3) is 0 Å². The van der Waals surface area contributed by atoms with Gasteiger partial charge in [0.05, 0.1) is 11.9 Å². The van der Waals surface area contributed by atoms with Crippen LogP contribution in [0, 0.1) is 0 Å². The van der Waals surface area contributed by atoms with Crippen molar-refractivity contribution < 1.29 is 18.0 Å². The Labute approximate surface area is 210 Å². The monoisotopic (exact) mass is 501 g/mol. The zero-order valence-electron chi connectivity index (χ0n) is 21.7. The molecule has 0 fully saturated rings. The molecule has 0 saturated carbocycles. The summed E-state index contributed by atoms with van der Waals surface area (Å²) in [6.45, 7) is 9.39. The summed E-state index contributed by atoms with van der Waals surface area (Å²) in [5.41, 5.74) is 1.89. The van der Waals surface area contributed by atoms with Crippen molar-refractivity contribution >= 4 is 27.5 Å². The standard InChI is InChI=1S/C27H39N3O4S/c1-7-22-16-12-13-17-24(22)30(35(6,33)34)20-25(31)29(19-18-21-14-10-9-11-15-21)23(8-2)26(32)28-27(3,4)5/h9-17,23H,7-8,18-20H2,1-6H3,(H,28,32)/t23-/m1/s1. The highest BCUT2D eigenvalue weighted by Gasteiger charge is 2.33. The summed E-state index contributed by atoms with van der Waals surface area (Å²) in [6.07, 6.45) is 2.69. The lowest BCUT2D eigenvalue weighted by Gasteiger charge is -2.34. The number of anilines is 1. The van der Waals surface area contributed by atoms with E-state index in [0.717, 1.165) is 21.7 Å². The highest BCUT2D eigenvalue weighted by Crippen LogP contribution is 2.24. The van der Waals surface area contributed by atoms with Crippen molar-refractivity contribution in [2.75, 3.05) is 23.7 Å². The zero-order valence-corrected chi connectivity index (χ0v) is 22.6. The van der Waals surface area contributed by atoms with E-state index in [2.05, 4.69) is 5.32 Å². The summed E-state index contributed by atoms with van der Waals surface area (Å²) >= 11 is 0. The topological polar surface area (TPSA) is 86.8 Å². The number of aryl methyl sites for hydroxylation is 1. The van der Waals surface area contributed by atoms with Crippen molar-refractivity contribution in [3.63, 3.8) is 0 Å². The third kappa shape index (κ3) is 8.38. The van der Waals surface area contributed by atoms with E-state index < -0.39 is 27.5 Å². The van der Waals surface area contributed by atoms with Gasteiger partial charge in [0.15, 0.2) is 0 Å². The molecule has 1 N–H and O–H groups in total. The van der Waals surface area contributed by atoms with Gasteiger partial charge in [0.1, 0.15) is 12.6 Å². The second-order valence-electron chi connectivity index (χ2n) is 9.74. The lowest BCUT2D eigenvalue weighted by atomic mass is 10.1. The molecule has 0 aliphatic carbocycles. The molecule has 8 heteroatoms. The average Bonchev–Trinajstić information content (AvgIpc) is 2.78. The van der Waals surface area contributed by atoms with Gasteiger partial charge in [0.2, 0.25) is 21.8 Å². The Morgan fingerprint density at radius 3 is 2.11 bits per heavy atom. The van der Waals surface area contributed by atoms with Crippen LogP contribution in [-0.4, -0.2) is 56.1 Å². The maximum absolute atomic E-state index is 13.7. The van der Waals surface area contributed by atoms with Gasteiger partial charge in [0, 0.05) is 12.1 Å². The molecular formula is C27H39N3O4S. The van der Waals surface area contributed by atoms with Crippen LogP contribution >= 0.6 is 0 Å². The summed E-state index contributed by atoms with van der Waals surface area (Å²) < 4.78 is 26.7. The lowest BCUT2D eigenvalue weighted by molar-refractivity contribution is -0.140. The van der Waals surface area contributed by atoms with Crippen molar-refractivity contribution in [1.29, 1.82) is 0 Å². The van der Waals surface area contributed by atoms with Crippen molar-refractivity contribution in [3.05, 3.63) is 65.7 Å². The van der Waals surface area contributed by atoms with E-state index >= 15 is 0 Å². The third-order valence-corrected chi connectivity index (χ3v) is 6.82. The molecule has 0 aromatic heterocycles. The maximum atomic E-state index is 13.7. The Bertz CT molecular complexity index is 1090.